The average Bonchev–Trinajstić information content (AvgIpc) is 2.51. The summed E-state index contributed by atoms with van der Waals surface area (Å²) in [5.41, 5.74) is 2.70. The van der Waals surface area contributed by atoms with Crippen molar-refractivity contribution in [1.29, 1.82) is 0 Å². The van der Waals surface area contributed by atoms with E-state index in [1.165, 1.54) is 5.56 Å². The van der Waals surface area contributed by atoms with Crippen LogP contribution in [0.1, 0.15) is 56.0 Å². The molecular formula is C19H26N4O. The number of anilines is 2. The van der Waals surface area contributed by atoms with Gasteiger partial charge in [-0.15, -0.1) is 0 Å². The Morgan fingerprint density at radius 2 is 1.79 bits per heavy atom. The number of nitrogens with one attached hydrogen (secondary N) is 2. The summed E-state index contributed by atoms with van der Waals surface area (Å²) in [6.07, 6.45) is 0.890. The van der Waals surface area contributed by atoms with Crippen LogP contribution in [0.5, 0.6) is 0 Å². The Kier molecular flexibility index (Phi) is 5.54. The highest BCUT2D eigenvalue weighted by atomic mass is 16.1. The molecule has 0 atom stereocenters. The lowest BCUT2D eigenvalue weighted by Gasteiger charge is -2.19. The molecule has 0 aliphatic heterocycles. The molecule has 5 heteroatoms. The number of aryl methyl sites for hydroxylation is 1. The molecule has 0 bridgehead atoms. The molecule has 0 spiro atoms. The van der Waals surface area contributed by atoms with Gasteiger partial charge in [-0.25, -0.2) is 9.97 Å². The largest absolute Gasteiger partial charge is 0.351 e. The first-order valence-corrected chi connectivity index (χ1v) is 8.31. The fourth-order valence-corrected chi connectivity index (χ4v) is 2.28. The highest BCUT2D eigenvalue weighted by Gasteiger charge is 2.13. The molecule has 2 rings (SSSR count). The van der Waals surface area contributed by atoms with Gasteiger partial charge in [0.25, 0.3) is 5.91 Å². The molecule has 1 amide bonds. The van der Waals surface area contributed by atoms with Crippen LogP contribution in [0.2, 0.25) is 0 Å². The van der Waals surface area contributed by atoms with Gasteiger partial charge in [-0.05, 0) is 36.5 Å². The molecular weight excluding hydrogens is 300 g/mol. The molecule has 24 heavy (non-hydrogen) atoms. The van der Waals surface area contributed by atoms with Crippen molar-refractivity contribution in [3.05, 3.63) is 47.4 Å². The summed E-state index contributed by atoms with van der Waals surface area (Å²) in [4.78, 5) is 20.7. The van der Waals surface area contributed by atoms with E-state index in [4.69, 9.17) is 0 Å². The van der Waals surface area contributed by atoms with E-state index in [2.05, 4.69) is 53.5 Å². The van der Waals surface area contributed by atoms with Gasteiger partial charge in [-0.2, -0.15) is 0 Å². The Bertz CT molecular complexity index is 702. The van der Waals surface area contributed by atoms with Gasteiger partial charge in [0, 0.05) is 18.3 Å². The van der Waals surface area contributed by atoms with Crippen LogP contribution in [0.4, 0.5) is 11.5 Å². The number of benzene rings is 1. The van der Waals surface area contributed by atoms with Crippen LogP contribution >= 0.6 is 0 Å². The summed E-state index contributed by atoms with van der Waals surface area (Å²) in [5, 5.41) is 6.08. The number of carbonyl (C=O) groups excluding carboxylic acids is 1. The third kappa shape index (κ3) is 4.78. The summed E-state index contributed by atoms with van der Waals surface area (Å²) in [6.45, 7) is 11.0. The fraction of sp³-hybridized carbons (Fsp3) is 0.421. The minimum atomic E-state index is -0.173. The van der Waals surface area contributed by atoms with Gasteiger partial charge in [-0.3, -0.25) is 4.79 Å². The minimum Gasteiger partial charge on any atom is -0.351 e. The van der Waals surface area contributed by atoms with E-state index in [1.54, 1.807) is 13.0 Å². The van der Waals surface area contributed by atoms with E-state index in [0.717, 1.165) is 12.1 Å². The number of amides is 1. The Labute approximate surface area is 143 Å². The molecule has 0 fully saturated rings. The summed E-state index contributed by atoms with van der Waals surface area (Å²) < 4.78 is 0. The third-order valence-corrected chi connectivity index (χ3v) is 3.63. The summed E-state index contributed by atoms with van der Waals surface area (Å²) in [6, 6.07) is 9.93. The van der Waals surface area contributed by atoms with Crippen molar-refractivity contribution >= 4 is 17.4 Å². The van der Waals surface area contributed by atoms with Crippen LogP contribution in [0.3, 0.4) is 0 Å². The van der Waals surface area contributed by atoms with Crippen LogP contribution in [0, 0.1) is 6.92 Å². The van der Waals surface area contributed by atoms with Gasteiger partial charge in [0.05, 0.1) is 0 Å². The van der Waals surface area contributed by atoms with Gasteiger partial charge < -0.3 is 10.6 Å². The Hall–Kier alpha value is -2.43. The summed E-state index contributed by atoms with van der Waals surface area (Å²) in [7, 11) is 0. The molecule has 1 aromatic heterocycles. The van der Waals surface area contributed by atoms with Gasteiger partial charge >= 0.3 is 0 Å². The Morgan fingerprint density at radius 1 is 1.12 bits per heavy atom. The first-order chi connectivity index (χ1) is 11.3. The van der Waals surface area contributed by atoms with E-state index >= 15 is 0 Å². The maximum Gasteiger partial charge on any atom is 0.270 e. The van der Waals surface area contributed by atoms with Crippen molar-refractivity contribution in [3.63, 3.8) is 0 Å². The predicted molar refractivity (Wildman–Crippen MR) is 97.8 cm³/mol. The SMILES string of the molecule is CCCNC(=O)c1cc(Nc2ccc(C(C)(C)C)cc2)nc(C)n1. The van der Waals surface area contributed by atoms with Crippen molar-refractivity contribution in [2.45, 2.75) is 46.5 Å². The second-order valence-electron chi connectivity index (χ2n) is 6.89. The lowest BCUT2D eigenvalue weighted by molar-refractivity contribution is 0.0948. The third-order valence-electron chi connectivity index (χ3n) is 3.63. The van der Waals surface area contributed by atoms with E-state index in [-0.39, 0.29) is 11.3 Å². The maximum atomic E-state index is 12.1. The maximum absolute atomic E-state index is 12.1. The molecule has 2 aromatic rings. The molecule has 0 saturated heterocycles. The van der Waals surface area contributed by atoms with Gasteiger partial charge in [0.2, 0.25) is 0 Å². The number of rotatable bonds is 5. The Balaban J connectivity index is 2.17. The molecule has 128 valence electrons. The van der Waals surface area contributed by atoms with Crippen LogP contribution in [-0.4, -0.2) is 22.4 Å². The molecule has 1 heterocycles. The zero-order valence-electron chi connectivity index (χ0n) is 15.1. The van der Waals surface area contributed by atoms with Gasteiger partial charge in [0.15, 0.2) is 0 Å². The van der Waals surface area contributed by atoms with E-state index in [0.29, 0.717) is 23.9 Å². The predicted octanol–water partition coefficient (Wildman–Crippen LogP) is 3.97. The first-order valence-electron chi connectivity index (χ1n) is 8.31. The number of hydrogen-bond donors (Lipinski definition) is 2. The van der Waals surface area contributed by atoms with Crippen molar-refractivity contribution in [1.82, 2.24) is 15.3 Å². The number of carbonyl (C=O) groups is 1. The van der Waals surface area contributed by atoms with Crippen LogP contribution < -0.4 is 10.6 Å². The van der Waals surface area contributed by atoms with Crippen LogP contribution in [0.15, 0.2) is 30.3 Å². The van der Waals surface area contributed by atoms with Crippen LogP contribution in [0.25, 0.3) is 0 Å². The normalized spacial score (nSPS) is 11.2. The monoisotopic (exact) mass is 326 g/mol. The molecule has 0 unspecified atom stereocenters. The number of aromatic nitrogens is 2. The molecule has 0 radical (unpaired) electrons. The molecule has 0 saturated carbocycles. The van der Waals surface area contributed by atoms with Crippen molar-refractivity contribution in [2.75, 3.05) is 11.9 Å². The van der Waals surface area contributed by atoms with E-state index in [1.807, 2.05) is 19.1 Å². The standard InChI is InChI=1S/C19H26N4O/c1-6-11-20-18(24)16-12-17(22-13(2)21-16)23-15-9-7-14(8-10-15)19(3,4)5/h7-10,12H,6,11H2,1-5H3,(H,20,24)(H,21,22,23). The quantitative estimate of drug-likeness (QED) is 0.872. The highest BCUT2D eigenvalue weighted by molar-refractivity contribution is 5.93. The van der Waals surface area contributed by atoms with Crippen molar-refractivity contribution < 1.29 is 4.79 Å². The molecule has 2 N–H and O–H groups in total. The molecule has 5 nitrogen and oxygen atoms in total. The van der Waals surface area contributed by atoms with E-state index in [9.17, 15) is 4.79 Å². The molecule has 1 aromatic carbocycles. The van der Waals surface area contributed by atoms with Crippen molar-refractivity contribution in [2.24, 2.45) is 0 Å². The van der Waals surface area contributed by atoms with Crippen LogP contribution in [-0.2, 0) is 5.41 Å². The smallest absolute Gasteiger partial charge is 0.270 e. The second kappa shape index (κ2) is 7.43. The van der Waals surface area contributed by atoms with Gasteiger partial charge in [-0.1, -0.05) is 39.8 Å². The zero-order chi connectivity index (χ0) is 17.7. The number of hydrogen-bond acceptors (Lipinski definition) is 4. The lowest BCUT2D eigenvalue weighted by atomic mass is 9.87. The summed E-state index contributed by atoms with van der Waals surface area (Å²) in [5.74, 6) is 1.01. The van der Waals surface area contributed by atoms with Gasteiger partial charge in [0.1, 0.15) is 17.3 Å². The topological polar surface area (TPSA) is 66.9 Å². The minimum absolute atomic E-state index is 0.120. The average molecular weight is 326 g/mol. The Morgan fingerprint density at radius 3 is 2.38 bits per heavy atom. The molecule has 0 aliphatic rings. The summed E-state index contributed by atoms with van der Waals surface area (Å²) >= 11 is 0. The van der Waals surface area contributed by atoms with E-state index < -0.39 is 0 Å². The number of nitrogens with zero attached hydrogens (tertiary/aromatic N) is 2. The van der Waals surface area contributed by atoms with Crippen molar-refractivity contribution in [3.8, 4) is 0 Å². The fourth-order valence-electron chi connectivity index (χ4n) is 2.28. The second-order valence-corrected chi connectivity index (χ2v) is 6.89. The highest BCUT2D eigenvalue weighted by Crippen LogP contribution is 2.24. The first kappa shape index (κ1) is 17.9. The molecule has 0 aliphatic carbocycles. The lowest BCUT2D eigenvalue weighted by Crippen LogP contribution is -2.25. The zero-order valence-corrected chi connectivity index (χ0v) is 15.1.